The van der Waals surface area contributed by atoms with Gasteiger partial charge in [0.15, 0.2) is 5.69 Å². The van der Waals surface area contributed by atoms with E-state index in [9.17, 15) is 14.7 Å². The molecule has 0 unspecified atom stereocenters. The SMILES string of the molecule is O=C(O)Cc1c(C(=O)Nc2cccnc2)nn(-c2ccccc2Cl)c1-c1ccc(Cl)cc1. The Morgan fingerprint density at radius 1 is 1.00 bits per heavy atom. The number of amides is 1. The lowest BCUT2D eigenvalue weighted by molar-refractivity contribution is -0.136. The summed E-state index contributed by atoms with van der Waals surface area (Å²) in [4.78, 5) is 28.8. The fourth-order valence-electron chi connectivity index (χ4n) is 3.28. The highest BCUT2D eigenvalue weighted by Crippen LogP contribution is 2.33. The van der Waals surface area contributed by atoms with Crippen LogP contribution < -0.4 is 5.32 Å². The van der Waals surface area contributed by atoms with E-state index in [-0.39, 0.29) is 11.3 Å². The quantitative estimate of drug-likeness (QED) is 0.410. The number of benzene rings is 2. The molecule has 32 heavy (non-hydrogen) atoms. The van der Waals surface area contributed by atoms with Crippen LogP contribution >= 0.6 is 23.2 Å². The van der Waals surface area contributed by atoms with Crippen molar-refractivity contribution < 1.29 is 14.7 Å². The number of hydrogen-bond donors (Lipinski definition) is 2. The second-order valence-electron chi connectivity index (χ2n) is 6.81. The van der Waals surface area contributed by atoms with E-state index in [2.05, 4.69) is 15.4 Å². The van der Waals surface area contributed by atoms with E-state index in [1.807, 2.05) is 0 Å². The largest absolute Gasteiger partial charge is 0.481 e. The van der Waals surface area contributed by atoms with Gasteiger partial charge in [0.05, 0.1) is 34.7 Å². The minimum atomic E-state index is -1.10. The van der Waals surface area contributed by atoms with Crippen LogP contribution in [0.2, 0.25) is 10.0 Å². The fourth-order valence-corrected chi connectivity index (χ4v) is 3.62. The Kier molecular flexibility index (Phi) is 6.20. The van der Waals surface area contributed by atoms with Crippen molar-refractivity contribution in [2.24, 2.45) is 0 Å². The molecule has 0 atom stereocenters. The van der Waals surface area contributed by atoms with Gasteiger partial charge in [-0.1, -0.05) is 47.5 Å². The van der Waals surface area contributed by atoms with Gasteiger partial charge in [0.1, 0.15) is 0 Å². The van der Waals surface area contributed by atoms with Crippen LogP contribution in [0.15, 0.2) is 73.1 Å². The number of pyridine rings is 1. The minimum absolute atomic E-state index is 0.0267. The van der Waals surface area contributed by atoms with Gasteiger partial charge in [0.2, 0.25) is 0 Å². The zero-order chi connectivity index (χ0) is 22.7. The predicted molar refractivity (Wildman–Crippen MR) is 123 cm³/mol. The molecule has 0 radical (unpaired) electrons. The van der Waals surface area contributed by atoms with E-state index in [1.165, 1.54) is 10.9 Å². The second-order valence-corrected chi connectivity index (χ2v) is 7.66. The summed E-state index contributed by atoms with van der Waals surface area (Å²) >= 11 is 12.5. The van der Waals surface area contributed by atoms with Crippen molar-refractivity contribution in [1.82, 2.24) is 14.8 Å². The van der Waals surface area contributed by atoms with E-state index in [0.29, 0.717) is 32.7 Å². The zero-order valence-electron chi connectivity index (χ0n) is 16.5. The third-order valence-corrected chi connectivity index (χ3v) is 5.22. The molecule has 2 aromatic heterocycles. The summed E-state index contributed by atoms with van der Waals surface area (Å²) in [5.74, 6) is -1.66. The molecule has 0 spiro atoms. The maximum absolute atomic E-state index is 13.1. The summed E-state index contributed by atoms with van der Waals surface area (Å²) in [6.07, 6.45) is 2.65. The van der Waals surface area contributed by atoms with E-state index in [0.717, 1.165) is 0 Å². The average molecular weight is 467 g/mol. The first kappa shape index (κ1) is 21.5. The van der Waals surface area contributed by atoms with Gasteiger partial charge in [-0.15, -0.1) is 0 Å². The van der Waals surface area contributed by atoms with Gasteiger partial charge >= 0.3 is 5.97 Å². The number of nitrogens with one attached hydrogen (secondary N) is 1. The first-order valence-corrected chi connectivity index (χ1v) is 10.3. The number of carboxylic acids is 1. The van der Waals surface area contributed by atoms with Crippen LogP contribution in [0.25, 0.3) is 16.9 Å². The van der Waals surface area contributed by atoms with Crippen molar-refractivity contribution in [2.45, 2.75) is 6.42 Å². The van der Waals surface area contributed by atoms with E-state index >= 15 is 0 Å². The zero-order valence-corrected chi connectivity index (χ0v) is 18.0. The number of rotatable bonds is 6. The predicted octanol–water partition coefficient (Wildman–Crippen LogP) is 5.12. The van der Waals surface area contributed by atoms with Crippen molar-refractivity contribution in [2.75, 3.05) is 5.32 Å². The maximum atomic E-state index is 13.1. The molecule has 0 aliphatic rings. The summed E-state index contributed by atoms with van der Waals surface area (Å²) in [5.41, 5.74) is 2.26. The lowest BCUT2D eigenvalue weighted by Gasteiger charge is -2.11. The lowest BCUT2D eigenvalue weighted by atomic mass is 10.0. The van der Waals surface area contributed by atoms with Crippen LogP contribution in [0.4, 0.5) is 5.69 Å². The molecule has 0 aliphatic heterocycles. The number of carbonyl (C=O) groups excluding carboxylic acids is 1. The summed E-state index contributed by atoms with van der Waals surface area (Å²) in [5, 5.41) is 17.7. The normalized spacial score (nSPS) is 10.7. The Morgan fingerprint density at radius 2 is 1.75 bits per heavy atom. The molecule has 2 heterocycles. The molecule has 0 saturated heterocycles. The first-order chi connectivity index (χ1) is 15.4. The molecular weight excluding hydrogens is 451 g/mol. The van der Waals surface area contributed by atoms with Gasteiger partial charge in [-0.25, -0.2) is 4.68 Å². The molecule has 160 valence electrons. The number of aliphatic carboxylic acids is 1. The molecule has 0 aliphatic carbocycles. The van der Waals surface area contributed by atoms with E-state index < -0.39 is 18.3 Å². The summed E-state index contributed by atoms with van der Waals surface area (Å²) < 4.78 is 1.49. The Balaban J connectivity index is 1.94. The number of hydrogen-bond acceptors (Lipinski definition) is 4. The van der Waals surface area contributed by atoms with Gasteiger partial charge in [-0.2, -0.15) is 5.10 Å². The topological polar surface area (TPSA) is 97.1 Å². The lowest BCUT2D eigenvalue weighted by Crippen LogP contribution is -2.16. The van der Waals surface area contributed by atoms with Crippen LogP contribution in [0, 0.1) is 0 Å². The maximum Gasteiger partial charge on any atom is 0.307 e. The van der Waals surface area contributed by atoms with Gasteiger partial charge in [-0.3, -0.25) is 14.6 Å². The number of halogens is 2. The number of carboxylic acid groups (broad SMARTS) is 1. The van der Waals surface area contributed by atoms with Gasteiger partial charge in [-0.05, 0) is 36.4 Å². The monoisotopic (exact) mass is 466 g/mol. The highest BCUT2D eigenvalue weighted by molar-refractivity contribution is 6.32. The van der Waals surface area contributed by atoms with Crippen molar-refractivity contribution in [3.63, 3.8) is 0 Å². The van der Waals surface area contributed by atoms with E-state index in [4.69, 9.17) is 23.2 Å². The van der Waals surface area contributed by atoms with Crippen molar-refractivity contribution in [1.29, 1.82) is 0 Å². The summed E-state index contributed by atoms with van der Waals surface area (Å²) in [7, 11) is 0. The summed E-state index contributed by atoms with van der Waals surface area (Å²) in [6.45, 7) is 0. The summed E-state index contributed by atoms with van der Waals surface area (Å²) in [6, 6.07) is 17.2. The number of nitrogens with zero attached hydrogens (tertiary/aromatic N) is 3. The average Bonchev–Trinajstić information content (AvgIpc) is 3.13. The highest BCUT2D eigenvalue weighted by atomic mass is 35.5. The van der Waals surface area contributed by atoms with Crippen LogP contribution in [0.5, 0.6) is 0 Å². The number of anilines is 1. The fraction of sp³-hybridized carbons (Fsp3) is 0.0435. The Bertz CT molecular complexity index is 1290. The molecule has 7 nitrogen and oxygen atoms in total. The Labute approximate surface area is 193 Å². The van der Waals surface area contributed by atoms with Gasteiger partial charge in [0, 0.05) is 22.3 Å². The van der Waals surface area contributed by atoms with E-state index in [1.54, 1.807) is 66.9 Å². The molecule has 9 heteroatoms. The van der Waals surface area contributed by atoms with Crippen LogP contribution in [0.1, 0.15) is 16.1 Å². The first-order valence-electron chi connectivity index (χ1n) is 9.50. The molecule has 2 N–H and O–H groups in total. The van der Waals surface area contributed by atoms with Gasteiger partial charge < -0.3 is 10.4 Å². The number of carbonyl (C=O) groups is 2. The smallest absolute Gasteiger partial charge is 0.307 e. The standard InChI is InChI=1S/C23H16Cl2N4O3/c24-15-9-7-14(8-10-15)22-17(12-20(30)31)21(23(32)27-16-4-3-11-26-13-16)28-29(22)19-6-2-1-5-18(19)25/h1-11,13H,12H2,(H,27,32)(H,30,31). The highest BCUT2D eigenvalue weighted by Gasteiger charge is 2.27. The molecule has 2 aromatic carbocycles. The van der Waals surface area contributed by atoms with Crippen LogP contribution in [-0.4, -0.2) is 31.7 Å². The molecule has 0 bridgehead atoms. The minimum Gasteiger partial charge on any atom is -0.481 e. The number of para-hydroxylation sites is 1. The molecule has 0 saturated carbocycles. The molecular formula is C23H16Cl2N4O3. The molecule has 1 amide bonds. The molecule has 4 aromatic rings. The van der Waals surface area contributed by atoms with Crippen molar-refractivity contribution >= 4 is 40.8 Å². The molecule has 0 fully saturated rings. The van der Waals surface area contributed by atoms with Crippen molar-refractivity contribution in [3.8, 4) is 16.9 Å². The van der Waals surface area contributed by atoms with Gasteiger partial charge in [0.25, 0.3) is 5.91 Å². The second kappa shape index (κ2) is 9.21. The Hall–Kier alpha value is -3.68. The number of aromatic nitrogens is 3. The molecule has 4 rings (SSSR count). The Morgan fingerprint density at radius 3 is 2.41 bits per heavy atom. The third-order valence-electron chi connectivity index (χ3n) is 4.64. The van der Waals surface area contributed by atoms with Crippen LogP contribution in [-0.2, 0) is 11.2 Å². The van der Waals surface area contributed by atoms with Crippen molar-refractivity contribution in [3.05, 3.63) is 94.4 Å². The third kappa shape index (κ3) is 4.49. The van der Waals surface area contributed by atoms with Crippen LogP contribution in [0.3, 0.4) is 0 Å².